The van der Waals surface area contributed by atoms with Gasteiger partial charge in [-0.1, -0.05) is 29.3 Å². The maximum absolute atomic E-state index is 12.5. The van der Waals surface area contributed by atoms with Crippen LogP contribution in [0.25, 0.3) is 0 Å². The van der Waals surface area contributed by atoms with Crippen LogP contribution in [0.5, 0.6) is 5.75 Å². The maximum atomic E-state index is 12.5. The number of hydrogen-bond donors (Lipinski definition) is 1. The molecule has 27 heavy (non-hydrogen) atoms. The lowest BCUT2D eigenvalue weighted by atomic mass is 9.95. The fraction of sp³-hybridized carbons (Fsp3) is 0.381. The third-order valence-electron chi connectivity index (χ3n) is 4.83. The highest BCUT2D eigenvalue weighted by Crippen LogP contribution is 2.28. The monoisotopic (exact) mass is 406 g/mol. The van der Waals surface area contributed by atoms with Crippen molar-refractivity contribution in [2.75, 3.05) is 25.0 Å². The molecule has 2 aromatic carbocycles. The number of ether oxygens (including phenoxy) is 1. The van der Waals surface area contributed by atoms with E-state index in [9.17, 15) is 4.79 Å². The third-order valence-corrected chi connectivity index (χ3v) is 5.54. The van der Waals surface area contributed by atoms with E-state index in [1.165, 1.54) is 0 Å². The number of nitrogens with one attached hydrogen (secondary N) is 1. The van der Waals surface area contributed by atoms with Crippen LogP contribution in [-0.4, -0.2) is 30.5 Å². The molecule has 0 saturated carbocycles. The molecule has 2 aromatic rings. The highest BCUT2D eigenvalue weighted by Gasteiger charge is 2.25. The normalized spacial score (nSPS) is 15.5. The number of likely N-dealkylation sites (tertiary alicyclic amines) is 1. The van der Waals surface area contributed by atoms with Crippen LogP contribution in [0, 0.1) is 5.92 Å². The van der Waals surface area contributed by atoms with E-state index in [4.69, 9.17) is 27.9 Å². The lowest BCUT2D eigenvalue weighted by Gasteiger charge is -2.31. The van der Waals surface area contributed by atoms with Crippen molar-refractivity contribution in [1.82, 2.24) is 4.90 Å². The van der Waals surface area contributed by atoms with Gasteiger partial charge in [0.15, 0.2) is 0 Å². The topological polar surface area (TPSA) is 41.6 Å². The average Bonchev–Trinajstić information content (AvgIpc) is 2.67. The molecule has 4 nitrogen and oxygen atoms in total. The zero-order valence-corrected chi connectivity index (χ0v) is 16.9. The molecule has 0 aromatic heterocycles. The van der Waals surface area contributed by atoms with Gasteiger partial charge in [-0.25, -0.2) is 0 Å². The number of amides is 1. The fourth-order valence-corrected chi connectivity index (χ4v) is 3.82. The third kappa shape index (κ3) is 5.38. The largest absolute Gasteiger partial charge is 0.494 e. The van der Waals surface area contributed by atoms with Crippen LogP contribution in [-0.2, 0) is 11.3 Å². The molecule has 144 valence electrons. The number of anilines is 1. The highest BCUT2D eigenvalue weighted by molar-refractivity contribution is 6.35. The van der Waals surface area contributed by atoms with Gasteiger partial charge in [0, 0.05) is 33.8 Å². The second-order valence-electron chi connectivity index (χ2n) is 6.70. The van der Waals surface area contributed by atoms with E-state index in [2.05, 4.69) is 10.2 Å². The second-order valence-corrected chi connectivity index (χ2v) is 7.51. The Hall–Kier alpha value is -1.75. The first-order chi connectivity index (χ1) is 13.1. The van der Waals surface area contributed by atoms with Gasteiger partial charge in [-0.05, 0) is 69.3 Å². The average molecular weight is 407 g/mol. The standard InChI is InChI=1S/C21H24Cl2N2O2/c1-2-27-17-8-6-16(7-9-17)24-21(26)15-10-12-25(13-11-15)14-18-19(22)4-3-5-20(18)23/h3-9,15H,2,10-14H2,1H3,(H,24,26). The Bertz CT molecular complexity index is 752. The van der Waals surface area contributed by atoms with E-state index in [0.717, 1.165) is 42.9 Å². The molecule has 0 radical (unpaired) electrons. The number of hydrogen-bond acceptors (Lipinski definition) is 3. The van der Waals surface area contributed by atoms with Crippen LogP contribution in [0.1, 0.15) is 25.3 Å². The van der Waals surface area contributed by atoms with Crippen molar-refractivity contribution in [2.45, 2.75) is 26.3 Å². The first kappa shape index (κ1) is 20.0. The van der Waals surface area contributed by atoms with Crippen LogP contribution in [0.2, 0.25) is 10.0 Å². The molecule has 1 N–H and O–H groups in total. The summed E-state index contributed by atoms with van der Waals surface area (Å²) < 4.78 is 5.42. The predicted molar refractivity (Wildman–Crippen MR) is 111 cm³/mol. The van der Waals surface area contributed by atoms with Gasteiger partial charge >= 0.3 is 0 Å². The van der Waals surface area contributed by atoms with Crippen molar-refractivity contribution in [1.29, 1.82) is 0 Å². The minimum atomic E-state index is 0.0227. The first-order valence-electron chi connectivity index (χ1n) is 9.25. The molecular weight excluding hydrogens is 383 g/mol. The first-order valence-corrected chi connectivity index (χ1v) is 10.0. The maximum Gasteiger partial charge on any atom is 0.227 e. The number of carbonyl (C=O) groups is 1. The van der Waals surface area contributed by atoms with Gasteiger partial charge in [-0.15, -0.1) is 0 Å². The van der Waals surface area contributed by atoms with Gasteiger partial charge in [-0.3, -0.25) is 9.69 Å². The van der Waals surface area contributed by atoms with Gasteiger partial charge in [0.1, 0.15) is 5.75 Å². The van der Waals surface area contributed by atoms with Crippen LogP contribution >= 0.6 is 23.2 Å². The van der Waals surface area contributed by atoms with Crippen molar-refractivity contribution in [3.8, 4) is 5.75 Å². The van der Waals surface area contributed by atoms with E-state index in [0.29, 0.717) is 23.2 Å². The zero-order valence-electron chi connectivity index (χ0n) is 15.4. The Labute approximate surface area is 170 Å². The summed E-state index contributed by atoms with van der Waals surface area (Å²) in [7, 11) is 0. The molecule has 0 aliphatic carbocycles. The van der Waals surface area contributed by atoms with Crippen molar-refractivity contribution in [3.05, 3.63) is 58.1 Å². The minimum absolute atomic E-state index is 0.0227. The van der Waals surface area contributed by atoms with Gasteiger partial charge in [-0.2, -0.15) is 0 Å². The van der Waals surface area contributed by atoms with E-state index < -0.39 is 0 Å². The number of halogens is 2. The van der Waals surface area contributed by atoms with Gasteiger partial charge in [0.25, 0.3) is 0 Å². The number of piperidine rings is 1. The number of carbonyl (C=O) groups excluding carboxylic acids is 1. The number of nitrogens with zero attached hydrogens (tertiary/aromatic N) is 1. The highest BCUT2D eigenvalue weighted by atomic mass is 35.5. The van der Waals surface area contributed by atoms with Gasteiger partial charge in [0.2, 0.25) is 5.91 Å². The Balaban J connectivity index is 1.50. The van der Waals surface area contributed by atoms with E-state index in [1.807, 2.05) is 49.4 Å². The molecule has 1 heterocycles. The van der Waals surface area contributed by atoms with E-state index >= 15 is 0 Å². The van der Waals surface area contributed by atoms with Crippen LogP contribution in [0.15, 0.2) is 42.5 Å². The molecule has 0 unspecified atom stereocenters. The van der Waals surface area contributed by atoms with Gasteiger partial charge in [0.05, 0.1) is 6.61 Å². The zero-order chi connectivity index (χ0) is 19.2. The van der Waals surface area contributed by atoms with Crippen molar-refractivity contribution >= 4 is 34.8 Å². The lowest BCUT2D eigenvalue weighted by molar-refractivity contribution is -0.121. The Morgan fingerprint density at radius 2 is 1.74 bits per heavy atom. The van der Waals surface area contributed by atoms with Crippen LogP contribution < -0.4 is 10.1 Å². The number of rotatable bonds is 6. The Morgan fingerprint density at radius 3 is 2.33 bits per heavy atom. The van der Waals surface area contributed by atoms with Crippen molar-refractivity contribution in [3.63, 3.8) is 0 Å². The van der Waals surface area contributed by atoms with Crippen LogP contribution in [0.3, 0.4) is 0 Å². The van der Waals surface area contributed by atoms with Gasteiger partial charge < -0.3 is 10.1 Å². The minimum Gasteiger partial charge on any atom is -0.494 e. The summed E-state index contributed by atoms with van der Waals surface area (Å²) >= 11 is 12.5. The second kappa shape index (κ2) is 9.45. The summed E-state index contributed by atoms with van der Waals surface area (Å²) in [6.45, 7) is 4.99. The Kier molecular flexibility index (Phi) is 7.00. The summed E-state index contributed by atoms with van der Waals surface area (Å²) in [5.41, 5.74) is 1.76. The quantitative estimate of drug-likeness (QED) is 0.712. The molecule has 1 amide bonds. The molecule has 0 spiro atoms. The predicted octanol–water partition coefficient (Wildman–Crippen LogP) is 5.24. The molecule has 0 bridgehead atoms. The van der Waals surface area contributed by atoms with E-state index in [1.54, 1.807) is 0 Å². The van der Waals surface area contributed by atoms with Crippen molar-refractivity contribution < 1.29 is 9.53 Å². The summed E-state index contributed by atoms with van der Waals surface area (Å²) in [6, 6.07) is 13.1. The summed E-state index contributed by atoms with van der Waals surface area (Å²) in [4.78, 5) is 14.8. The molecule has 1 aliphatic heterocycles. The molecule has 3 rings (SSSR count). The summed E-state index contributed by atoms with van der Waals surface area (Å²) in [5, 5.41) is 4.39. The Morgan fingerprint density at radius 1 is 1.11 bits per heavy atom. The molecule has 1 aliphatic rings. The molecule has 6 heteroatoms. The molecule has 1 saturated heterocycles. The van der Waals surface area contributed by atoms with Crippen molar-refractivity contribution in [2.24, 2.45) is 5.92 Å². The molecular formula is C21H24Cl2N2O2. The fourth-order valence-electron chi connectivity index (χ4n) is 3.31. The smallest absolute Gasteiger partial charge is 0.227 e. The molecule has 1 fully saturated rings. The number of benzene rings is 2. The molecule has 0 atom stereocenters. The van der Waals surface area contributed by atoms with E-state index in [-0.39, 0.29) is 11.8 Å². The van der Waals surface area contributed by atoms with Crippen LogP contribution in [0.4, 0.5) is 5.69 Å². The SMILES string of the molecule is CCOc1ccc(NC(=O)C2CCN(Cc3c(Cl)cccc3Cl)CC2)cc1. The summed E-state index contributed by atoms with van der Waals surface area (Å²) in [5.74, 6) is 0.908. The lowest BCUT2D eigenvalue weighted by Crippen LogP contribution is -2.37. The summed E-state index contributed by atoms with van der Waals surface area (Å²) in [6.07, 6.45) is 1.65.